The molecule has 21 heavy (non-hydrogen) atoms. The molecular weight excluding hydrogens is 404 g/mol. The highest BCUT2D eigenvalue weighted by atomic mass is 79.9. The van der Waals surface area contributed by atoms with E-state index in [9.17, 15) is 8.78 Å². The summed E-state index contributed by atoms with van der Waals surface area (Å²) >= 11 is 6.54. The Morgan fingerprint density at radius 3 is 2.24 bits per heavy atom. The molecular formula is C16H13Br2F2N. The Morgan fingerprint density at radius 2 is 1.62 bits per heavy atom. The van der Waals surface area contributed by atoms with Gasteiger partial charge in [-0.15, -0.1) is 0 Å². The molecule has 1 fully saturated rings. The monoisotopic (exact) mass is 415 g/mol. The lowest BCUT2D eigenvalue weighted by molar-refractivity contribution is 0.371. The zero-order valence-corrected chi connectivity index (χ0v) is 14.2. The standard InChI is InChI=1S/C16H13Br2F2N/c17-11-3-1-2-9(4-11)10-5-13(6-10)21-16-14(19)7-12(18)8-15(16)20/h1-4,7-8,10,13,21H,5-6H2. The van der Waals surface area contributed by atoms with Gasteiger partial charge in [0.1, 0.15) is 17.3 Å². The normalized spacial score (nSPS) is 21.0. The SMILES string of the molecule is Fc1cc(Br)cc(F)c1NC1CC(c2cccc(Br)c2)C1. The van der Waals surface area contributed by atoms with E-state index in [0.717, 1.165) is 17.3 Å². The van der Waals surface area contributed by atoms with Crippen molar-refractivity contribution in [3.63, 3.8) is 0 Å². The second kappa shape index (κ2) is 6.05. The molecule has 110 valence electrons. The van der Waals surface area contributed by atoms with E-state index in [1.807, 2.05) is 12.1 Å². The first-order valence-corrected chi connectivity index (χ1v) is 8.28. The van der Waals surface area contributed by atoms with Crippen LogP contribution in [0.4, 0.5) is 14.5 Å². The molecule has 3 rings (SSSR count). The summed E-state index contributed by atoms with van der Waals surface area (Å²) in [6, 6.07) is 10.8. The Balaban J connectivity index is 1.65. The third-order valence-corrected chi connectivity index (χ3v) is 4.76. The van der Waals surface area contributed by atoms with Crippen molar-refractivity contribution in [2.75, 3.05) is 5.32 Å². The molecule has 0 atom stereocenters. The Kier molecular flexibility index (Phi) is 4.31. The average Bonchev–Trinajstić information content (AvgIpc) is 2.35. The van der Waals surface area contributed by atoms with Crippen molar-refractivity contribution in [1.82, 2.24) is 0 Å². The highest BCUT2D eigenvalue weighted by Crippen LogP contribution is 2.40. The van der Waals surface area contributed by atoms with Gasteiger partial charge in [-0.25, -0.2) is 8.78 Å². The molecule has 1 N–H and O–H groups in total. The number of hydrogen-bond donors (Lipinski definition) is 1. The Bertz CT molecular complexity index is 646. The molecule has 1 nitrogen and oxygen atoms in total. The molecule has 0 radical (unpaired) electrons. The largest absolute Gasteiger partial charge is 0.378 e. The fraction of sp³-hybridized carbons (Fsp3) is 0.250. The minimum Gasteiger partial charge on any atom is -0.378 e. The maximum atomic E-state index is 13.8. The Hall–Kier alpha value is -0.940. The lowest BCUT2D eigenvalue weighted by atomic mass is 9.76. The molecule has 0 aromatic heterocycles. The fourth-order valence-corrected chi connectivity index (χ4v) is 3.47. The average molecular weight is 417 g/mol. The van der Waals surface area contributed by atoms with Gasteiger partial charge in [0.15, 0.2) is 0 Å². The van der Waals surface area contributed by atoms with Crippen molar-refractivity contribution in [2.45, 2.75) is 24.8 Å². The zero-order valence-electron chi connectivity index (χ0n) is 11.0. The number of benzene rings is 2. The van der Waals surface area contributed by atoms with Gasteiger partial charge in [0.05, 0.1) is 0 Å². The van der Waals surface area contributed by atoms with Crippen molar-refractivity contribution in [3.05, 3.63) is 62.5 Å². The van der Waals surface area contributed by atoms with Crippen LogP contribution < -0.4 is 5.32 Å². The molecule has 1 aliphatic rings. The van der Waals surface area contributed by atoms with Crippen LogP contribution in [0.2, 0.25) is 0 Å². The van der Waals surface area contributed by atoms with E-state index < -0.39 is 11.6 Å². The van der Waals surface area contributed by atoms with E-state index in [1.54, 1.807) is 0 Å². The molecule has 2 aromatic rings. The van der Waals surface area contributed by atoms with Crippen LogP contribution in [0.15, 0.2) is 45.3 Å². The maximum Gasteiger partial charge on any atom is 0.150 e. The number of halogens is 4. The summed E-state index contributed by atoms with van der Waals surface area (Å²) in [7, 11) is 0. The lowest BCUT2D eigenvalue weighted by Gasteiger charge is -2.37. The summed E-state index contributed by atoms with van der Waals surface area (Å²) < 4.78 is 29.0. The van der Waals surface area contributed by atoms with Crippen molar-refractivity contribution in [2.24, 2.45) is 0 Å². The molecule has 1 saturated carbocycles. The molecule has 0 unspecified atom stereocenters. The van der Waals surface area contributed by atoms with E-state index in [-0.39, 0.29) is 11.7 Å². The minimum absolute atomic E-state index is 0.0316. The van der Waals surface area contributed by atoms with Gasteiger partial charge in [0.25, 0.3) is 0 Å². The third-order valence-electron chi connectivity index (χ3n) is 3.81. The summed E-state index contributed by atoms with van der Waals surface area (Å²) in [5.41, 5.74) is 1.23. The highest BCUT2D eigenvalue weighted by molar-refractivity contribution is 9.10. The number of anilines is 1. The van der Waals surface area contributed by atoms with Crippen LogP contribution in [-0.2, 0) is 0 Å². The first-order valence-electron chi connectivity index (χ1n) is 6.69. The van der Waals surface area contributed by atoms with Crippen LogP contribution in [0.5, 0.6) is 0 Å². The van der Waals surface area contributed by atoms with Crippen LogP contribution in [0.3, 0.4) is 0 Å². The van der Waals surface area contributed by atoms with Gasteiger partial charge in [-0.3, -0.25) is 0 Å². The Morgan fingerprint density at radius 1 is 0.952 bits per heavy atom. The van der Waals surface area contributed by atoms with Crippen molar-refractivity contribution in [3.8, 4) is 0 Å². The summed E-state index contributed by atoms with van der Waals surface area (Å²) in [6.07, 6.45) is 1.76. The van der Waals surface area contributed by atoms with Crippen molar-refractivity contribution < 1.29 is 8.78 Å². The van der Waals surface area contributed by atoms with Gasteiger partial charge in [-0.1, -0.05) is 44.0 Å². The highest BCUT2D eigenvalue weighted by Gasteiger charge is 2.31. The maximum absolute atomic E-state index is 13.8. The van der Waals surface area contributed by atoms with Crippen LogP contribution in [0.1, 0.15) is 24.3 Å². The van der Waals surface area contributed by atoms with E-state index >= 15 is 0 Å². The second-order valence-corrected chi connectivity index (χ2v) is 7.14. The van der Waals surface area contributed by atoms with Gasteiger partial charge in [-0.2, -0.15) is 0 Å². The van der Waals surface area contributed by atoms with Gasteiger partial charge in [-0.05, 0) is 48.6 Å². The topological polar surface area (TPSA) is 12.0 Å². The van der Waals surface area contributed by atoms with Crippen LogP contribution in [-0.4, -0.2) is 6.04 Å². The van der Waals surface area contributed by atoms with E-state index in [2.05, 4.69) is 49.3 Å². The minimum atomic E-state index is -0.562. The molecule has 0 bridgehead atoms. The van der Waals surface area contributed by atoms with Crippen LogP contribution in [0, 0.1) is 11.6 Å². The van der Waals surface area contributed by atoms with E-state index in [0.29, 0.717) is 10.4 Å². The second-order valence-electron chi connectivity index (χ2n) is 5.31. The number of hydrogen-bond acceptors (Lipinski definition) is 1. The first kappa shape index (κ1) is 15.0. The fourth-order valence-electron chi connectivity index (χ4n) is 2.65. The third kappa shape index (κ3) is 3.29. The molecule has 0 spiro atoms. The molecule has 2 aromatic carbocycles. The Labute approximate surface area is 139 Å². The van der Waals surface area contributed by atoms with Gasteiger partial charge in [0.2, 0.25) is 0 Å². The molecule has 0 amide bonds. The summed E-state index contributed by atoms with van der Waals surface area (Å²) in [4.78, 5) is 0. The molecule has 5 heteroatoms. The smallest absolute Gasteiger partial charge is 0.150 e. The van der Waals surface area contributed by atoms with Crippen LogP contribution >= 0.6 is 31.9 Å². The zero-order chi connectivity index (χ0) is 15.0. The number of nitrogens with one attached hydrogen (secondary N) is 1. The summed E-state index contributed by atoms with van der Waals surface area (Å²) in [5.74, 6) is -0.679. The van der Waals surface area contributed by atoms with Crippen molar-refractivity contribution >= 4 is 37.5 Å². The van der Waals surface area contributed by atoms with Gasteiger partial charge in [0, 0.05) is 15.0 Å². The van der Waals surface area contributed by atoms with Gasteiger partial charge < -0.3 is 5.32 Å². The summed E-state index contributed by atoms with van der Waals surface area (Å²) in [6.45, 7) is 0. The molecule has 0 saturated heterocycles. The van der Waals surface area contributed by atoms with E-state index in [1.165, 1.54) is 17.7 Å². The quantitative estimate of drug-likeness (QED) is 0.661. The summed E-state index contributed by atoms with van der Waals surface area (Å²) in [5, 5.41) is 2.97. The molecule has 1 aliphatic carbocycles. The van der Waals surface area contributed by atoms with Crippen LogP contribution in [0.25, 0.3) is 0 Å². The first-order chi connectivity index (χ1) is 10.0. The molecule has 0 aliphatic heterocycles. The predicted octanol–water partition coefficient (Wildman–Crippen LogP) is 5.85. The molecule has 0 heterocycles. The van der Waals surface area contributed by atoms with Gasteiger partial charge >= 0.3 is 0 Å². The van der Waals surface area contributed by atoms with E-state index in [4.69, 9.17) is 0 Å². The van der Waals surface area contributed by atoms with Crippen molar-refractivity contribution in [1.29, 1.82) is 0 Å². The lowest BCUT2D eigenvalue weighted by Crippen LogP contribution is -2.34. The number of rotatable bonds is 3. The predicted molar refractivity (Wildman–Crippen MR) is 87.6 cm³/mol.